The molecular weight excluding hydrogens is 526 g/mol. The Morgan fingerprint density at radius 1 is 0.512 bits per heavy atom. The minimum atomic E-state index is 0.110. The number of nitrogens with one attached hydrogen (secondary N) is 1. The molecule has 2 heterocycles. The van der Waals surface area contributed by atoms with E-state index in [4.69, 9.17) is 11.1 Å². The Hall–Kier alpha value is -5.94. The van der Waals surface area contributed by atoms with E-state index in [0.29, 0.717) is 5.56 Å². The summed E-state index contributed by atoms with van der Waals surface area (Å²) in [5.74, 6) is 0.361. The lowest BCUT2D eigenvalue weighted by molar-refractivity contribution is 1.17. The van der Waals surface area contributed by atoms with Crippen molar-refractivity contribution in [3.05, 3.63) is 151 Å². The third kappa shape index (κ3) is 3.94. The highest BCUT2D eigenvalue weighted by molar-refractivity contribution is 6.26. The van der Waals surface area contributed by atoms with Crippen LogP contribution in [-0.2, 0) is 0 Å². The summed E-state index contributed by atoms with van der Waals surface area (Å²) >= 11 is 0. The molecule has 5 heteroatoms. The van der Waals surface area contributed by atoms with Crippen molar-refractivity contribution in [3.63, 3.8) is 0 Å². The van der Waals surface area contributed by atoms with Crippen LogP contribution in [0.5, 0.6) is 0 Å². The number of benzene rings is 6. The second-order valence-electron chi connectivity index (χ2n) is 10.7. The van der Waals surface area contributed by atoms with Crippen LogP contribution in [-0.4, -0.2) is 20.9 Å². The first kappa shape index (κ1) is 24.8. The van der Waals surface area contributed by atoms with Gasteiger partial charge in [-0.15, -0.1) is 0 Å². The quantitative estimate of drug-likeness (QED) is 0.167. The molecule has 0 radical (unpaired) electrons. The molecule has 0 saturated carbocycles. The Morgan fingerprint density at radius 3 is 1.74 bits per heavy atom. The molecule has 43 heavy (non-hydrogen) atoms. The molecule has 0 spiro atoms. The van der Waals surface area contributed by atoms with Crippen LogP contribution >= 0.6 is 0 Å². The smallest absolute Gasteiger partial charge is 0.207 e. The minimum Gasteiger partial charge on any atom is -0.369 e. The van der Waals surface area contributed by atoms with Crippen molar-refractivity contribution in [1.82, 2.24) is 9.13 Å². The van der Waals surface area contributed by atoms with Crippen molar-refractivity contribution < 1.29 is 0 Å². The second kappa shape index (κ2) is 9.86. The molecule has 8 aromatic rings. The van der Waals surface area contributed by atoms with Crippen LogP contribution in [0.25, 0.3) is 60.4 Å². The van der Waals surface area contributed by atoms with Crippen molar-refractivity contribution in [2.45, 2.75) is 0 Å². The number of aromatic nitrogens is 2. The number of hydrogen-bond acceptors (Lipinski definition) is 1. The van der Waals surface area contributed by atoms with E-state index in [-0.39, 0.29) is 11.8 Å². The molecule has 6 aromatic carbocycles. The highest BCUT2D eigenvalue weighted by Gasteiger charge is 2.21. The summed E-state index contributed by atoms with van der Waals surface area (Å²) in [4.78, 5) is 4.69. The van der Waals surface area contributed by atoms with Gasteiger partial charge in [0.15, 0.2) is 5.84 Å². The maximum atomic E-state index is 8.90. The van der Waals surface area contributed by atoms with Crippen LogP contribution in [0.15, 0.2) is 151 Å². The molecule has 5 nitrogen and oxygen atoms in total. The van der Waals surface area contributed by atoms with Crippen LogP contribution in [0.4, 0.5) is 0 Å². The molecule has 204 valence electrons. The van der Waals surface area contributed by atoms with Gasteiger partial charge in [0.2, 0.25) is 5.96 Å². The number of aliphatic imine (C=N–C) groups is 1. The minimum absolute atomic E-state index is 0.110. The SMILES string of the molecule is N=C(/N=C(\N)n1c2ccccc2c2ccc3c4ccccc4n(-c4ccccc4)c3c21)c1ccc(-c2ccccc2)cc1. The van der Waals surface area contributed by atoms with Gasteiger partial charge in [-0.2, -0.15) is 4.99 Å². The first-order valence-electron chi connectivity index (χ1n) is 14.3. The van der Waals surface area contributed by atoms with E-state index in [1.165, 1.54) is 5.39 Å². The van der Waals surface area contributed by atoms with Crippen molar-refractivity contribution in [3.8, 4) is 16.8 Å². The van der Waals surface area contributed by atoms with Crippen molar-refractivity contribution in [1.29, 1.82) is 5.41 Å². The van der Waals surface area contributed by atoms with E-state index in [1.807, 2.05) is 65.2 Å². The topological polar surface area (TPSA) is 72.1 Å². The standard InChI is InChI=1S/C38H27N5/c39-37(27-21-19-26(20-22-27)25-11-3-1-4-12-25)41-38(40)43-34-18-10-8-16-30(34)32-24-23-31-29-15-7-9-17-33(29)42(35(31)36(32)43)28-13-5-2-6-14-28/h1-24H,(H3,39,40,41). The number of nitrogens with zero attached hydrogens (tertiary/aromatic N) is 3. The molecule has 0 atom stereocenters. The molecule has 8 rings (SSSR count). The predicted molar refractivity (Wildman–Crippen MR) is 180 cm³/mol. The van der Waals surface area contributed by atoms with E-state index in [9.17, 15) is 0 Å². The van der Waals surface area contributed by atoms with Gasteiger partial charge in [-0.1, -0.05) is 121 Å². The lowest BCUT2D eigenvalue weighted by Crippen LogP contribution is -2.24. The van der Waals surface area contributed by atoms with Gasteiger partial charge in [-0.25, -0.2) is 0 Å². The van der Waals surface area contributed by atoms with E-state index in [0.717, 1.165) is 55.0 Å². The summed E-state index contributed by atoms with van der Waals surface area (Å²) in [6.45, 7) is 0. The molecule has 0 fully saturated rings. The summed E-state index contributed by atoms with van der Waals surface area (Å²) in [5, 5.41) is 13.4. The lowest BCUT2D eigenvalue weighted by Gasteiger charge is -2.12. The third-order valence-corrected chi connectivity index (χ3v) is 8.20. The molecule has 0 amide bonds. The van der Waals surface area contributed by atoms with Gasteiger partial charge in [0.05, 0.1) is 22.1 Å². The Morgan fingerprint density at radius 2 is 1.05 bits per heavy atom. The molecule has 0 unspecified atom stereocenters. The zero-order valence-corrected chi connectivity index (χ0v) is 23.3. The molecule has 0 saturated heterocycles. The fourth-order valence-electron chi connectivity index (χ4n) is 6.26. The fraction of sp³-hybridized carbons (Fsp3) is 0. The lowest BCUT2D eigenvalue weighted by atomic mass is 10.0. The summed E-state index contributed by atoms with van der Waals surface area (Å²) in [6.07, 6.45) is 0. The largest absolute Gasteiger partial charge is 0.369 e. The van der Waals surface area contributed by atoms with Crippen LogP contribution in [0.3, 0.4) is 0 Å². The van der Waals surface area contributed by atoms with Gasteiger partial charge in [0, 0.05) is 32.8 Å². The Labute approximate surface area is 248 Å². The summed E-state index contributed by atoms with van der Waals surface area (Å²) < 4.78 is 4.32. The van der Waals surface area contributed by atoms with Crippen molar-refractivity contribution in [2.75, 3.05) is 0 Å². The normalized spacial score (nSPS) is 12.0. The Bertz CT molecular complexity index is 2340. The van der Waals surface area contributed by atoms with E-state index < -0.39 is 0 Å². The highest BCUT2D eigenvalue weighted by Crippen LogP contribution is 2.40. The van der Waals surface area contributed by atoms with Gasteiger partial charge >= 0.3 is 0 Å². The molecule has 3 N–H and O–H groups in total. The van der Waals surface area contributed by atoms with Gasteiger partial charge < -0.3 is 10.3 Å². The van der Waals surface area contributed by atoms with Crippen LogP contribution < -0.4 is 5.73 Å². The van der Waals surface area contributed by atoms with Gasteiger partial charge in [0.25, 0.3) is 0 Å². The molecular formula is C38H27N5. The number of para-hydroxylation sites is 3. The zero-order chi connectivity index (χ0) is 28.9. The number of nitrogens with two attached hydrogens (primary N) is 1. The van der Waals surface area contributed by atoms with E-state index in [2.05, 4.69) is 94.5 Å². The summed E-state index contributed by atoms with van der Waals surface area (Å²) in [6, 6.07) is 49.7. The van der Waals surface area contributed by atoms with E-state index >= 15 is 0 Å². The number of hydrogen-bond donors (Lipinski definition) is 2. The van der Waals surface area contributed by atoms with Gasteiger partial charge in [-0.3, -0.25) is 9.98 Å². The average molecular weight is 554 g/mol. The van der Waals surface area contributed by atoms with Crippen LogP contribution in [0.1, 0.15) is 5.56 Å². The van der Waals surface area contributed by atoms with Crippen LogP contribution in [0.2, 0.25) is 0 Å². The summed E-state index contributed by atoms with van der Waals surface area (Å²) in [5.41, 5.74) is 14.9. The number of amidine groups is 1. The Balaban J connectivity index is 1.37. The molecule has 0 aliphatic heterocycles. The average Bonchev–Trinajstić information content (AvgIpc) is 3.59. The zero-order valence-electron chi connectivity index (χ0n) is 23.3. The van der Waals surface area contributed by atoms with Gasteiger partial charge in [0.1, 0.15) is 0 Å². The first-order chi connectivity index (χ1) is 21.2. The first-order valence-corrected chi connectivity index (χ1v) is 14.3. The predicted octanol–water partition coefficient (Wildman–Crippen LogP) is 8.75. The van der Waals surface area contributed by atoms with E-state index in [1.54, 1.807) is 0 Å². The number of fused-ring (bicyclic) bond motifs is 7. The van der Waals surface area contributed by atoms with Crippen molar-refractivity contribution in [2.24, 2.45) is 10.7 Å². The summed E-state index contributed by atoms with van der Waals surface area (Å²) in [7, 11) is 0. The molecule has 2 aromatic heterocycles. The third-order valence-electron chi connectivity index (χ3n) is 8.20. The highest BCUT2D eigenvalue weighted by atomic mass is 15.2. The molecule has 0 bridgehead atoms. The van der Waals surface area contributed by atoms with Gasteiger partial charge in [-0.05, 0) is 35.4 Å². The molecule has 0 aliphatic rings. The maximum absolute atomic E-state index is 8.90. The monoisotopic (exact) mass is 553 g/mol. The van der Waals surface area contributed by atoms with Crippen LogP contribution in [0, 0.1) is 5.41 Å². The fourth-order valence-corrected chi connectivity index (χ4v) is 6.26. The number of rotatable bonds is 3. The maximum Gasteiger partial charge on any atom is 0.207 e. The molecule has 0 aliphatic carbocycles. The second-order valence-corrected chi connectivity index (χ2v) is 10.7. The van der Waals surface area contributed by atoms with Crippen molar-refractivity contribution >= 4 is 55.4 Å². The Kier molecular flexibility index (Phi) is 5.69.